The van der Waals surface area contributed by atoms with Crippen LogP contribution in [-0.2, 0) is 6.54 Å². The molecule has 0 spiro atoms. The second kappa shape index (κ2) is 4.82. The van der Waals surface area contributed by atoms with E-state index in [4.69, 9.17) is 12.2 Å². The summed E-state index contributed by atoms with van der Waals surface area (Å²) in [7, 11) is 4.07. The summed E-state index contributed by atoms with van der Waals surface area (Å²) < 4.78 is 16.2. The summed E-state index contributed by atoms with van der Waals surface area (Å²) in [6.07, 6.45) is 0. The van der Waals surface area contributed by atoms with E-state index in [1.54, 1.807) is 6.92 Å². The van der Waals surface area contributed by atoms with Crippen LogP contribution in [0.4, 0.5) is 4.39 Å². The number of hydrogen-bond donors (Lipinski definition) is 1. The van der Waals surface area contributed by atoms with Crippen molar-refractivity contribution in [3.05, 3.63) is 28.3 Å². The maximum atomic E-state index is 13.5. The van der Waals surface area contributed by atoms with Gasteiger partial charge in [0, 0.05) is 12.6 Å². The second-order valence-electron chi connectivity index (χ2n) is 4.97. The van der Waals surface area contributed by atoms with E-state index in [1.165, 1.54) is 6.07 Å². The smallest absolute Gasteiger partial charge is 0.178 e. The molecule has 1 atom stereocenters. The van der Waals surface area contributed by atoms with Gasteiger partial charge in [0.05, 0.1) is 11.0 Å². The number of H-pyrrole nitrogens is 1. The van der Waals surface area contributed by atoms with Crippen molar-refractivity contribution in [3.63, 3.8) is 0 Å². The van der Waals surface area contributed by atoms with Gasteiger partial charge in [-0.2, -0.15) is 0 Å². The summed E-state index contributed by atoms with van der Waals surface area (Å²) in [4.78, 5) is 5.19. The van der Waals surface area contributed by atoms with Crippen LogP contribution in [0.3, 0.4) is 0 Å². The first kappa shape index (κ1) is 13.2. The van der Waals surface area contributed by atoms with E-state index in [0.29, 0.717) is 16.4 Å². The number of halogens is 1. The van der Waals surface area contributed by atoms with E-state index < -0.39 is 0 Å². The number of rotatable bonds is 3. The van der Waals surface area contributed by atoms with Gasteiger partial charge in [0.15, 0.2) is 4.77 Å². The monoisotopic (exact) mass is 267 g/mol. The molecule has 2 rings (SSSR count). The Morgan fingerprint density at radius 1 is 1.44 bits per heavy atom. The fourth-order valence-corrected chi connectivity index (χ4v) is 2.17. The zero-order chi connectivity index (χ0) is 13.4. The zero-order valence-electron chi connectivity index (χ0n) is 11.1. The van der Waals surface area contributed by atoms with Crippen molar-refractivity contribution >= 4 is 23.3 Å². The molecule has 18 heavy (non-hydrogen) atoms. The van der Waals surface area contributed by atoms with E-state index in [-0.39, 0.29) is 5.82 Å². The molecule has 0 aliphatic rings. The topological polar surface area (TPSA) is 24.0 Å². The molecule has 3 nitrogen and oxygen atoms in total. The standard InChI is InChI=1S/C13H18FN3S/c1-8-5-12-11(6-10(8)14)15-13(18)17(12)7-9(2)16(3)4/h5-6,9H,7H2,1-4H3,(H,15,18). The van der Waals surface area contributed by atoms with Crippen molar-refractivity contribution in [1.29, 1.82) is 0 Å². The Bertz CT molecular complexity index is 627. The minimum absolute atomic E-state index is 0.202. The van der Waals surface area contributed by atoms with Crippen molar-refractivity contribution in [3.8, 4) is 0 Å². The average molecular weight is 267 g/mol. The van der Waals surface area contributed by atoms with Crippen LogP contribution in [0, 0.1) is 17.5 Å². The number of imidazole rings is 1. The first-order valence-electron chi connectivity index (χ1n) is 5.95. The molecule has 1 heterocycles. The maximum Gasteiger partial charge on any atom is 0.178 e. The van der Waals surface area contributed by atoms with Crippen LogP contribution in [0.5, 0.6) is 0 Å². The Morgan fingerprint density at radius 2 is 2.11 bits per heavy atom. The quantitative estimate of drug-likeness (QED) is 0.864. The van der Waals surface area contributed by atoms with Crippen molar-refractivity contribution < 1.29 is 4.39 Å². The van der Waals surface area contributed by atoms with E-state index in [2.05, 4.69) is 16.8 Å². The van der Waals surface area contributed by atoms with Crippen LogP contribution in [0.1, 0.15) is 12.5 Å². The molecule has 5 heteroatoms. The highest BCUT2D eigenvalue weighted by Crippen LogP contribution is 2.19. The third-order valence-corrected chi connectivity index (χ3v) is 3.71. The van der Waals surface area contributed by atoms with Crippen molar-refractivity contribution in [2.45, 2.75) is 26.4 Å². The highest BCUT2D eigenvalue weighted by molar-refractivity contribution is 7.71. The number of aryl methyl sites for hydroxylation is 1. The summed E-state index contributed by atoms with van der Waals surface area (Å²) >= 11 is 5.31. The van der Waals surface area contributed by atoms with Gasteiger partial charge in [-0.3, -0.25) is 0 Å². The van der Waals surface area contributed by atoms with E-state index in [1.807, 2.05) is 24.7 Å². The Kier molecular flexibility index (Phi) is 3.54. The summed E-state index contributed by atoms with van der Waals surface area (Å²) in [6, 6.07) is 3.72. The molecular weight excluding hydrogens is 249 g/mol. The number of likely N-dealkylation sites (N-methyl/N-ethyl adjacent to an activating group) is 1. The van der Waals surface area contributed by atoms with Gasteiger partial charge in [-0.25, -0.2) is 4.39 Å². The number of nitrogens with zero attached hydrogens (tertiary/aromatic N) is 2. The number of nitrogens with one attached hydrogen (secondary N) is 1. The second-order valence-corrected chi connectivity index (χ2v) is 5.36. The third kappa shape index (κ3) is 2.33. The van der Waals surface area contributed by atoms with Crippen LogP contribution in [0.25, 0.3) is 11.0 Å². The van der Waals surface area contributed by atoms with Crippen molar-refractivity contribution in [2.75, 3.05) is 14.1 Å². The molecule has 1 aromatic heterocycles. The molecule has 0 saturated carbocycles. The Balaban J connectivity index is 2.53. The minimum atomic E-state index is -0.202. The van der Waals surface area contributed by atoms with Gasteiger partial charge in [-0.15, -0.1) is 0 Å². The first-order valence-corrected chi connectivity index (χ1v) is 6.36. The fraction of sp³-hybridized carbons (Fsp3) is 0.462. The molecule has 0 aliphatic carbocycles. The summed E-state index contributed by atoms with van der Waals surface area (Å²) in [5.41, 5.74) is 2.37. The Morgan fingerprint density at radius 3 is 2.72 bits per heavy atom. The van der Waals surface area contributed by atoms with E-state index in [0.717, 1.165) is 17.6 Å². The third-order valence-electron chi connectivity index (χ3n) is 3.38. The molecule has 0 aliphatic heterocycles. The molecular formula is C13H18FN3S. The van der Waals surface area contributed by atoms with Gasteiger partial charge >= 0.3 is 0 Å². The van der Waals surface area contributed by atoms with Crippen LogP contribution >= 0.6 is 12.2 Å². The number of aromatic amines is 1. The minimum Gasteiger partial charge on any atom is -0.330 e. The van der Waals surface area contributed by atoms with Gasteiger partial charge in [-0.05, 0) is 57.9 Å². The lowest BCUT2D eigenvalue weighted by Crippen LogP contribution is -2.29. The fourth-order valence-electron chi connectivity index (χ4n) is 1.89. The average Bonchev–Trinajstić information content (AvgIpc) is 2.56. The maximum absolute atomic E-state index is 13.5. The normalized spacial score (nSPS) is 13.4. The number of fused-ring (bicyclic) bond motifs is 1. The Labute approximate surface area is 111 Å². The predicted octanol–water partition coefficient (Wildman–Crippen LogP) is 3.10. The lowest BCUT2D eigenvalue weighted by atomic mass is 10.2. The molecule has 1 aromatic carbocycles. The molecule has 98 valence electrons. The molecule has 1 N–H and O–H groups in total. The number of hydrogen-bond acceptors (Lipinski definition) is 2. The van der Waals surface area contributed by atoms with E-state index in [9.17, 15) is 4.39 Å². The zero-order valence-corrected chi connectivity index (χ0v) is 11.9. The van der Waals surface area contributed by atoms with Gasteiger partial charge in [-0.1, -0.05) is 0 Å². The Hall–Kier alpha value is -1.20. The van der Waals surface area contributed by atoms with Crippen LogP contribution in [0.15, 0.2) is 12.1 Å². The lowest BCUT2D eigenvalue weighted by molar-refractivity contribution is 0.285. The molecule has 0 radical (unpaired) electrons. The molecule has 2 aromatic rings. The molecule has 0 amide bonds. The van der Waals surface area contributed by atoms with E-state index >= 15 is 0 Å². The van der Waals surface area contributed by atoms with Gasteiger partial charge in [0.25, 0.3) is 0 Å². The van der Waals surface area contributed by atoms with Crippen LogP contribution in [0.2, 0.25) is 0 Å². The highest BCUT2D eigenvalue weighted by Gasteiger charge is 2.11. The summed E-state index contributed by atoms with van der Waals surface area (Å²) in [6.45, 7) is 4.69. The lowest BCUT2D eigenvalue weighted by Gasteiger charge is -2.20. The first-order chi connectivity index (χ1) is 8.40. The van der Waals surface area contributed by atoms with Gasteiger partial charge < -0.3 is 14.5 Å². The summed E-state index contributed by atoms with van der Waals surface area (Å²) in [5.74, 6) is -0.202. The molecule has 1 unspecified atom stereocenters. The molecule has 0 fully saturated rings. The molecule has 0 saturated heterocycles. The van der Waals surface area contributed by atoms with Crippen molar-refractivity contribution in [1.82, 2.24) is 14.5 Å². The van der Waals surface area contributed by atoms with Crippen LogP contribution in [-0.4, -0.2) is 34.6 Å². The van der Waals surface area contributed by atoms with Gasteiger partial charge in [0.2, 0.25) is 0 Å². The van der Waals surface area contributed by atoms with Crippen molar-refractivity contribution in [2.24, 2.45) is 0 Å². The largest absolute Gasteiger partial charge is 0.330 e. The number of aromatic nitrogens is 2. The van der Waals surface area contributed by atoms with Gasteiger partial charge in [0.1, 0.15) is 5.82 Å². The highest BCUT2D eigenvalue weighted by atomic mass is 32.1. The SMILES string of the molecule is Cc1cc2c(cc1F)[nH]c(=S)n2CC(C)N(C)C. The molecule has 0 bridgehead atoms. The number of benzene rings is 1. The summed E-state index contributed by atoms with van der Waals surface area (Å²) in [5, 5.41) is 0. The van der Waals surface area contributed by atoms with Crippen LogP contribution < -0.4 is 0 Å². The predicted molar refractivity (Wildman–Crippen MR) is 75.0 cm³/mol.